The van der Waals surface area contributed by atoms with Gasteiger partial charge >= 0.3 is 0 Å². The van der Waals surface area contributed by atoms with Gasteiger partial charge < -0.3 is 5.32 Å². The number of aromatic nitrogens is 1. The molecule has 0 aliphatic carbocycles. The highest BCUT2D eigenvalue weighted by Gasteiger charge is 2.12. The first kappa shape index (κ1) is 18.1. The lowest BCUT2D eigenvalue weighted by Crippen LogP contribution is -2.27. The van der Waals surface area contributed by atoms with Crippen LogP contribution in [-0.2, 0) is 21.2 Å². The molecule has 128 valence electrons. The molecule has 0 aliphatic rings. The van der Waals surface area contributed by atoms with E-state index in [1.165, 1.54) is 19.2 Å². The van der Waals surface area contributed by atoms with Crippen LogP contribution in [0, 0.1) is 0 Å². The van der Waals surface area contributed by atoms with Gasteiger partial charge in [-0.1, -0.05) is 18.2 Å². The molecule has 7 heteroatoms. The summed E-state index contributed by atoms with van der Waals surface area (Å²) in [6, 6.07) is 11.9. The van der Waals surface area contributed by atoms with Crippen LogP contribution in [0.1, 0.15) is 30.6 Å². The van der Waals surface area contributed by atoms with Crippen LogP contribution in [0.3, 0.4) is 0 Å². The Morgan fingerprint density at radius 2 is 1.88 bits per heavy atom. The van der Waals surface area contributed by atoms with Gasteiger partial charge in [-0.15, -0.1) is 0 Å². The number of pyridine rings is 1. The molecule has 1 heterocycles. The van der Waals surface area contributed by atoms with Gasteiger partial charge in [0.15, 0.2) is 0 Å². The number of hydrogen-bond donors (Lipinski definition) is 2. The van der Waals surface area contributed by atoms with E-state index < -0.39 is 10.0 Å². The monoisotopic (exact) mass is 347 g/mol. The summed E-state index contributed by atoms with van der Waals surface area (Å²) in [5.74, 6) is -0.0694. The Kier molecular flexibility index (Phi) is 6.05. The van der Waals surface area contributed by atoms with Gasteiger partial charge in [-0.25, -0.2) is 13.1 Å². The average molecular weight is 347 g/mol. The number of aryl methyl sites for hydroxylation is 1. The molecular weight excluding hydrogens is 326 g/mol. The van der Waals surface area contributed by atoms with Crippen molar-refractivity contribution in [1.82, 2.24) is 15.0 Å². The fourth-order valence-electron chi connectivity index (χ4n) is 2.23. The lowest BCUT2D eigenvalue weighted by Gasteiger charge is -2.13. The number of rotatable bonds is 7. The van der Waals surface area contributed by atoms with E-state index in [0.29, 0.717) is 12.8 Å². The first-order chi connectivity index (χ1) is 11.4. The van der Waals surface area contributed by atoms with Crippen LogP contribution >= 0.6 is 0 Å². The Morgan fingerprint density at radius 1 is 1.17 bits per heavy atom. The fourth-order valence-corrected chi connectivity index (χ4v) is 2.96. The molecule has 6 nitrogen and oxygen atoms in total. The predicted molar refractivity (Wildman–Crippen MR) is 91.8 cm³/mol. The number of amides is 1. The molecule has 1 aromatic heterocycles. The number of benzene rings is 1. The van der Waals surface area contributed by atoms with Crippen molar-refractivity contribution in [3.8, 4) is 0 Å². The molecule has 1 amide bonds. The first-order valence-electron chi connectivity index (χ1n) is 7.65. The van der Waals surface area contributed by atoms with E-state index in [1.54, 1.807) is 18.3 Å². The Labute approximate surface area is 142 Å². The SMILES string of the molecule is CNS(=O)(=O)c1ccc(CCC(=O)NC(C)c2ccccn2)cc1. The van der Waals surface area contributed by atoms with Gasteiger partial charge in [0.2, 0.25) is 15.9 Å². The molecule has 1 atom stereocenters. The fraction of sp³-hybridized carbons (Fsp3) is 0.294. The average Bonchev–Trinajstić information content (AvgIpc) is 2.61. The number of carbonyl (C=O) groups excluding carboxylic acids is 1. The van der Waals surface area contributed by atoms with E-state index in [9.17, 15) is 13.2 Å². The maximum Gasteiger partial charge on any atom is 0.240 e. The Bertz CT molecular complexity index is 774. The van der Waals surface area contributed by atoms with E-state index in [4.69, 9.17) is 0 Å². The third kappa shape index (κ3) is 4.87. The van der Waals surface area contributed by atoms with Crippen molar-refractivity contribution in [3.63, 3.8) is 0 Å². The lowest BCUT2D eigenvalue weighted by atomic mass is 10.1. The Balaban J connectivity index is 1.88. The van der Waals surface area contributed by atoms with Crippen LogP contribution in [0.25, 0.3) is 0 Å². The summed E-state index contributed by atoms with van der Waals surface area (Å²) in [6.07, 6.45) is 2.56. The van der Waals surface area contributed by atoms with Crippen molar-refractivity contribution < 1.29 is 13.2 Å². The number of hydrogen-bond acceptors (Lipinski definition) is 4. The van der Waals surface area contributed by atoms with E-state index >= 15 is 0 Å². The summed E-state index contributed by atoms with van der Waals surface area (Å²) in [5, 5.41) is 2.90. The summed E-state index contributed by atoms with van der Waals surface area (Å²) < 4.78 is 25.6. The molecular formula is C17H21N3O3S. The van der Waals surface area contributed by atoms with E-state index in [1.807, 2.05) is 25.1 Å². The van der Waals surface area contributed by atoms with Crippen molar-refractivity contribution in [1.29, 1.82) is 0 Å². The van der Waals surface area contributed by atoms with E-state index in [-0.39, 0.29) is 16.8 Å². The highest BCUT2D eigenvalue weighted by atomic mass is 32.2. The van der Waals surface area contributed by atoms with E-state index in [0.717, 1.165) is 11.3 Å². The summed E-state index contributed by atoms with van der Waals surface area (Å²) in [6.45, 7) is 1.89. The number of carbonyl (C=O) groups is 1. The van der Waals surface area contributed by atoms with Crippen molar-refractivity contribution in [2.24, 2.45) is 0 Å². The molecule has 2 N–H and O–H groups in total. The van der Waals surface area contributed by atoms with Crippen molar-refractivity contribution in [2.45, 2.75) is 30.7 Å². The minimum atomic E-state index is -3.43. The normalized spacial score (nSPS) is 12.6. The second-order valence-corrected chi connectivity index (χ2v) is 7.28. The van der Waals surface area contributed by atoms with Gasteiger partial charge in [0.25, 0.3) is 0 Å². The molecule has 0 radical (unpaired) electrons. The summed E-state index contributed by atoms with van der Waals surface area (Å²) in [4.78, 5) is 16.5. The molecule has 2 aromatic rings. The van der Waals surface area contributed by atoms with Gasteiger partial charge in [-0.3, -0.25) is 9.78 Å². The summed E-state index contributed by atoms with van der Waals surface area (Å²) in [7, 11) is -2.06. The zero-order valence-corrected chi connectivity index (χ0v) is 14.5. The minimum Gasteiger partial charge on any atom is -0.348 e. The quantitative estimate of drug-likeness (QED) is 0.799. The molecule has 0 bridgehead atoms. The van der Waals surface area contributed by atoms with Gasteiger partial charge in [0.05, 0.1) is 16.6 Å². The zero-order valence-electron chi connectivity index (χ0n) is 13.7. The second kappa shape index (κ2) is 8.03. The Morgan fingerprint density at radius 3 is 2.46 bits per heavy atom. The minimum absolute atomic E-state index is 0.0694. The second-order valence-electron chi connectivity index (χ2n) is 5.40. The largest absolute Gasteiger partial charge is 0.348 e. The molecule has 1 aromatic carbocycles. The van der Waals surface area contributed by atoms with Gasteiger partial charge in [0, 0.05) is 12.6 Å². The maximum absolute atomic E-state index is 12.0. The van der Waals surface area contributed by atoms with Gasteiger partial charge in [-0.05, 0) is 50.2 Å². The van der Waals surface area contributed by atoms with Crippen molar-refractivity contribution in [3.05, 3.63) is 59.9 Å². The van der Waals surface area contributed by atoms with Crippen LogP contribution in [0.15, 0.2) is 53.6 Å². The molecule has 0 aliphatic heterocycles. The molecule has 0 fully saturated rings. The maximum atomic E-state index is 12.0. The van der Waals surface area contributed by atoms with E-state index in [2.05, 4.69) is 15.0 Å². The number of nitrogens with zero attached hydrogens (tertiary/aromatic N) is 1. The lowest BCUT2D eigenvalue weighted by molar-refractivity contribution is -0.121. The van der Waals surface area contributed by atoms with Gasteiger partial charge in [0.1, 0.15) is 0 Å². The predicted octanol–water partition coefficient (Wildman–Crippen LogP) is 1.80. The van der Waals surface area contributed by atoms with Crippen molar-refractivity contribution >= 4 is 15.9 Å². The molecule has 1 unspecified atom stereocenters. The standard InChI is InChI=1S/C17H21N3O3S/c1-13(16-5-3-4-12-19-16)20-17(21)11-8-14-6-9-15(10-7-14)24(22,23)18-2/h3-7,9-10,12-13,18H,8,11H2,1-2H3,(H,20,21). The van der Waals surface area contributed by atoms with Crippen molar-refractivity contribution in [2.75, 3.05) is 7.05 Å². The first-order valence-corrected chi connectivity index (χ1v) is 9.13. The number of sulfonamides is 1. The third-order valence-corrected chi connectivity index (χ3v) is 5.08. The highest BCUT2D eigenvalue weighted by molar-refractivity contribution is 7.89. The van der Waals surface area contributed by atoms with Crippen LogP contribution < -0.4 is 10.0 Å². The van der Waals surface area contributed by atoms with Crippen LogP contribution in [0.5, 0.6) is 0 Å². The molecule has 0 saturated carbocycles. The molecule has 24 heavy (non-hydrogen) atoms. The van der Waals surface area contributed by atoms with Gasteiger partial charge in [-0.2, -0.15) is 0 Å². The molecule has 0 saturated heterocycles. The van der Waals surface area contributed by atoms with Crippen LogP contribution in [-0.4, -0.2) is 26.4 Å². The summed E-state index contributed by atoms with van der Waals surface area (Å²) >= 11 is 0. The summed E-state index contributed by atoms with van der Waals surface area (Å²) in [5.41, 5.74) is 1.72. The third-order valence-electron chi connectivity index (χ3n) is 3.65. The number of nitrogens with one attached hydrogen (secondary N) is 2. The molecule has 0 spiro atoms. The topological polar surface area (TPSA) is 88.2 Å². The highest BCUT2D eigenvalue weighted by Crippen LogP contribution is 2.12. The smallest absolute Gasteiger partial charge is 0.240 e. The zero-order chi connectivity index (χ0) is 17.6. The van der Waals surface area contributed by atoms with Crippen LogP contribution in [0.2, 0.25) is 0 Å². The Hall–Kier alpha value is -2.25. The van der Waals surface area contributed by atoms with Crippen LogP contribution in [0.4, 0.5) is 0 Å². The molecule has 2 rings (SSSR count).